The minimum absolute atomic E-state index is 0.0553. The van der Waals surface area contributed by atoms with E-state index in [9.17, 15) is 19.8 Å². The average molecular weight is 798 g/mol. The van der Waals surface area contributed by atoms with Crippen LogP contribution in [0.4, 0.5) is 0 Å². The Hall–Kier alpha value is -2.44. The Morgan fingerprint density at radius 2 is 0.912 bits per heavy atom. The Morgan fingerprint density at radius 1 is 0.509 bits per heavy atom. The fourth-order valence-corrected chi connectivity index (χ4v) is 6.96. The van der Waals surface area contributed by atoms with Crippen molar-refractivity contribution in [2.45, 2.75) is 244 Å². The molecule has 0 saturated heterocycles. The standard InChI is InChI=1S/C51H91NO5/c1-4-7-10-13-16-19-22-23-24-25-26-27-28-29-32-35-38-41-44-51(56)57-47(42-39-36-33-30-20-17-14-11-8-5-2)45-50(55)52-48(46-53)49(54)43-40-37-34-31-21-18-15-12-9-6-3/h16-17,19-20,22-27,47-49,53-54H,4-15,18,21,28-46H2,1-3H3,(H,52,55)/b19-16+,20-17-,23-22+,25-24+,27-26+. The fourth-order valence-electron chi connectivity index (χ4n) is 6.96. The fraction of sp³-hybridized carbons (Fsp3) is 0.765. The maximum absolute atomic E-state index is 13.1. The van der Waals surface area contributed by atoms with Gasteiger partial charge >= 0.3 is 5.97 Å². The van der Waals surface area contributed by atoms with Crippen LogP contribution in [0.5, 0.6) is 0 Å². The summed E-state index contributed by atoms with van der Waals surface area (Å²) in [5.41, 5.74) is 0. The van der Waals surface area contributed by atoms with Crippen molar-refractivity contribution in [1.82, 2.24) is 5.32 Å². The van der Waals surface area contributed by atoms with Crippen molar-refractivity contribution in [2.75, 3.05) is 6.61 Å². The van der Waals surface area contributed by atoms with Crippen LogP contribution in [0.1, 0.15) is 226 Å². The first-order chi connectivity index (χ1) is 28.0. The van der Waals surface area contributed by atoms with Crippen LogP contribution in [-0.4, -0.2) is 46.9 Å². The number of esters is 1. The summed E-state index contributed by atoms with van der Waals surface area (Å²) in [6.45, 7) is 6.38. The van der Waals surface area contributed by atoms with Crippen LogP contribution in [0.3, 0.4) is 0 Å². The number of hydrogen-bond acceptors (Lipinski definition) is 5. The largest absolute Gasteiger partial charge is 0.462 e. The number of unbranched alkanes of at least 4 members (excludes halogenated alkanes) is 23. The summed E-state index contributed by atoms with van der Waals surface area (Å²) >= 11 is 0. The van der Waals surface area contributed by atoms with Crippen molar-refractivity contribution < 1.29 is 24.5 Å². The number of hydrogen-bond donors (Lipinski definition) is 3. The van der Waals surface area contributed by atoms with Gasteiger partial charge in [0.2, 0.25) is 5.91 Å². The zero-order chi connectivity index (χ0) is 41.7. The zero-order valence-electron chi connectivity index (χ0n) is 37.5. The third-order valence-electron chi connectivity index (χ3n) is 10.7. The van der Waals surface area contributed by atoms with Crippen LogP contribution in [0.15, 0.2) is 60.8 Å². The topological polar surface area (TPSA) is 95.9 Å². The molecule has 0 fully saturated rings. The quantitative estimate of drug-likeness (QED) is 0.0247. The van der Waals surface area contributed by atoms with Gasteiger partial charge < -0.3 is 20.3 Å². The highest BCUT2D eigenvalue weighted by Gasteiger charge is 2.24. The second kappa shape index (κ2) is 44.7. The van der Waals surface area contributed by atoms with Crippen LogP contribution >= 0.6 is 0 Å². The van der Waals surface area contributed by atoms with Gasteiger partial charge in [0.25, 0.3) is 0 Å². The van der Waals surface area contributed by atoms with E-state index in [0.717, 1.165) is 96.3 Å². The van der Waals surface area contributed by atoms with E-state index >= 15 is 0 Å². The molecule has 6 heteroatoms. The molecule has 0 rings (SSSR count). The number of carbonyl (C=O) groups is 2. The Kier molecular flexibility index (Phi) is 42.7. The van der Waals surface area contributed by atoms with Crippen LogP contribution in [-0.2, 0) is 14.3 Å². The summed E-state index contributed by atoms with van der Waals surface area (Å²) in [7, 11) is 0. The predicted molar refractivity (Wildman–Crippen MR) is 245 cm³/mol. The maximum Gasteiger partial charge on any atom is 0.306 e. The van der Waals surface area contributed by atoms with Crippen molar-refractivity contribution in [3.63, 3.8) is 0 Å². The van der Waals surface area contributed by atoms with Crippen molar-refractivity contribution in [3.05, 3.63) is 60.8 Å². The first-order valence-electron chi connectivity index (χ1n) is 24.1. The number of allylic oxidation sites excluding steroid dienone is 10. The highest BCUT2D eigenvalue weighted by Crippen LogP contribution is 2.17. The monoisotopic (exact) mass is 798 g/mol. The van der Waals surface area contributed by atoms with Crippen molar-refractivity contribution in [1.29, 1.82) is 0 Å². The summed E-state index contributed by atoms with van der Waals surface area (Å²) in [5, 5.41) is 23.6. The lowest BCUT2D eigenvalue weighted by atomic mass is 10.0. The van der Waals surface area contributed by atoms with Crippen LogP contribution in [0.25, 0.3) is 0 Å². The average Bonchev–Trinajstić information content (AvgIpc) is 3.20. The molecular weight excluding hydrogens is 707 g/mol. The molecule has 3 atom stereocenters. The molecule has 3 N–H and O–H groups in total. The molecule has 0 heterocycles. The normalized spacial score (nSPS) is 13.8. The smallest absolute Gasteiger partial charge is 0.306 e. The minimum Gasteiger partial charge on any atom is -0.462 e. The molecule has 0 aromatic rings. The molecule has 0 bridgehead atoms. The molecule has 6 nitrogen and oxygen atoms in total. The summed E-state index contributed by atoms with van der Waals surface area (Å²) < 4.78 is 5.89. The molecular formula is C51H91NO5. The molecule has 0 aromatic heterocycles. The maximum atomic E-state index is 13.1. The molecule has 330 valence electrons. The van der Waals surface area contributed by atoms with Crippen molar-refractivity contribution in [2.24, 2.45) is 0 Å². The van der Waals surface area contributed by atoms with E-state index in [2.05, 4.69) is 86.8 Å². The number of aliphatic hydroxyl groups excluding tert-OH is 2. The summed E-state index contributed by atoms with van der Waals surface area (Å²) in [6.07, 6.45) is 54.2. The highest BCUT2D eigenvalue weighted by molar-refractivity contribution is 5.77. The Bertz CT molecular complexity index is 1030. The van der Waals surface area contributed by atoms with Gasteiger partial charge in [0, 0.05) is 6.42 Å². The molecule has 0 aliphatic heterocycles. The van der Waals surface area contributed by atoms with E-state index in [1.807, 2.05) is 0 Å². The van der Waals surface area contributed by atoms with Gasteiger partial charge in [-0.3, -0.25) is 9.59 Å². The van der Waals surface area contributed by atoms with Gasteiger partial charge in [0.05, 0.1) is 25.2 Å². The Morgan fingerprint density at radius 3 is 1.46 bits per heavy atom. The van der Waals surface area contributed by atoms with Crippen LogP contribution < -0.4 is 5.32 Å². The van der Waals surface area contributed by atoms with E-state index in [1.165, 1.54) is 83.5 Å². The van der Waals surface area contributed by atoms with Crippen LogP contribution in [0, 0.1) is 0 Å². The number of carbonyl (C=O) groups excluding carboxylic acids is 2. The van der Waals surface area contributed by atoms with Gasteiger partial charge in [-0.15, -0.1) is 0 Å². The second-order valence-corrected chi connectivity index (χ2v) is 16.2. The van der Waals surface area contributed by atoms with Crippen LogP contribution in [0.2, 0.25) is 0 Å². The number of nitrogens with one attached hydrogen (secondary N) is 1. The Balaban J connectivity index is 4.59. The second-order valence-electron chi connectivity index (χ2n) is 16.2. The molecule has 0 saturated carbocycles. The number of ether oxygens (including phenoxy) is 1. The third-order valence-corrected chi connectivity index (χ3v) is 10.7. The molecule has 0 aliphatic carbocycles. The molecule has 0 radical (unpaired) electrons. The van der Waals surface area contributed by atoms with Crippen molar-refractivity contribution >= 4 is 11.9 Å². The molecule has 0 aliphatic rings. The molecule has 0 spiro atoms. The van der Waals surface area contributed by atoms with Gasteiger partial charge in [-0.25, -0.2) is 0 Å². The van der Waals surface area contributed by atoms with Gasteiger partial charge in [0.15, 0.2) is 0 Å². The van der Waals surface area contributed by atoms with Gasteiger partial charge in [0.1, 0.15) is 6.10 Å². The highest BCUT2D eigenvalue weighted by atomic mass is 16.5. The first-order valence-corrected chi connectivity index (χ1v) is 24.1. The summed E-state index contributed by atoms with van der Waals surface area (Å²) in [5.74, 6) is -0.520. The first kappa shape index (κ1) is 54.6. The number of amides is 1. The van der Waals surface area contributed by atoms with E-state index in [0.29, 0.717) is 19.3 Å². The molecule has 3 unspecified atom stereocenters. The SMILES string of the molecule is CCCCC/C=C\CCCCCC(CC(=O)NC(CO)C(O)CCCCCCCCCCCC)OC(=O)CCCCCCC/C=C/C=C/C=C/C=C/CCCCC. The summed E-state index contributed by atoms with van der Waals surface area (Å²) in [6, 6.07) is -0.710. The van der Waals surface area contributed by atoms with E-state index in [1.54, 1.807) is 0 Å². The predicted octanol–water partition coefficient (Wildman–Crippen LogP) is 14.1. The lowest BCUT2D eigenvalue weighted by Crippen LogP contribution is -2.46. The van der Waals surface area contributed by atoms with Gasteiger partial charge in [-0.05, 0) is 77.0 Å². The van der Waals surface area contributed by atoms with E-state index in [-0.39, 0.29) is 24.9 Å². The van der Waals surface area contributed by atoms with E-state index in [4.69, 9.17) is 4.74 Å². The number of aliphatic hydroxyl groups is 2. The summed E-state index contributed by atoms with van der Waals surface area (Å²) in [4.78, 5) is 26.0. The molecule has 0 aromatic carbocycles. The lowest BCUT2D eigenvalue weighted by Gasteiger charge is -2.24. The lowest BCUT2D eigenvalue weighted by molar-refractivity contribution is -0.151. The molecule has 57 heavy (non-hydrogen) atoms. The molecule has 1 amide bonds. The van der Waals surface area contributed by atoms with Crippen molar-refractivity contribution in [3.8, 4) is 0 Å². The Labute approximate surface area is 352 Å². The van der Waals surface area contributed by atoms with Gasteiger partial charge in [-0.1, -0.05) is 197 Å². The number of rotatable bonds is 42. The minimum atomic E-state index is -0.795. The zero-order valence-corrected chi connectivity index (χ0v) is 37.5. The third kappa shape index (κ3) is 40.1. The van der Waals surface area contributed by atoms with Gasteiger partial charge in [-0.2, -0.15) is 0 Å². The van der Waals surface area contributed by atoms with E-state index < -0.39 is 18.2 Å².